The molecule has 1 aromatic carbocycles. The molecule has 1 amide bonds. The summed E-state index contributed by atoms with van der Waals surface area (Å²) < 4.78 is 10.8. The van der Waals surface area contributed by atoms with Crippen molar-refractivity contribution in [2.45, 2.75) is 37.8 Å². The fraction of sp³-hybridized carbons (Fsp3) is 0.429. The normalized spacial score (nSPS) is 26.5. The van der Waals surface area contributed by atoms with E-state index in [2.05, 4.69) is 49.6 Å². The van der Waals surface area contributed by atoms with Crippen LogP contribution in [0.2, 0.25) is 0 Å². The Kier molecular flexibility index (Phi) is 4.43. The van der Waals surface area contributed by atoms with Gasteiger partial charge in [-0.3, -0.25) is 9.69 Å². The summed E-state index contributed by atoms with van der Waals surface area (Å²) in [7, 11) is 0. The van der Waals surface area contributed by atoms with Crippen molar-refractivity contribution < 1.29 is 13.7 Å². The van der Waals surface area contributed by atoms with E-state index in [-0.39, 0.29) is 23.1 Å². The number of nitrogens with zero attached hydrogens (tertiary/aromatic N) is 4. The van der Waals surface area contributed by atoms with Crippen LogP contribution in [-0.2, 0) is 12.0 Å². The lowest BCUT2D eigenvalue weighted by atomic mass is 9.80. The summed E-state index contributed by atoms with van der Waals surface area (Å²) in [5.41, 5.74) is 1.05. The van der Waals surface area contributed by atoms with Crippen molar-refractivity contribution in [1.29, 1.82) is 0 Å². The van der Waals surface area contributed by atoms with Crippen molar-refractivity contribution in [1.82, 2.24) is 25.3 Å². The van der Waals surface area contributed by atoms with E-state index in [1.54, 1.807) is 0 Å². The molecule has 1 N–H and O–H groups in total. The average molecular weight is 393 g/mol. The monoisotopic (exact) mass is 393 g/mol. The molecule has 1 saturated carbocycles. The van der Waals surface area contributed by atoms with Crippen molar-refractivity contribution >= 4 is 5.91 Å². The van der Waals surface area contributed by atoms with Crippen LogP contribution in [0.5, 0.6) is 0 Å². The molecule has 8 heteroatoms. The van der Waals surface area contributed by atoms with E-state index in [1.165, 1.54) is 18.2 Å². The number of likely N-dealkylation sites (tertiary alicyclic amines) is 1. The highest BCUT2D eigenvalue weighted by Gasteiger charge is 2.57. The maximum Gasteiger partial charge on any atom is 0.288 e. The van der Waals surface area contributed by atoms with Crippen molar-refractivity contribution in [2.75, 3.05) is 13.1 Å². The molecule has 0 unspecified atom stereocenters. The number of aromatic nitrogens is 3. The van der Waals surface area contributed by atoms with E-state index < -0.39 is 0 Å². The number of fused-ring (bicyclic) bond motifs is 1. The Morgan fingerprint density at radius 3 is 2.93 bits per heavy atom. The fourth-order valence-corrected chi connectivity index (χ4v) is 4.96. The summed E-state index contributed by atoms with van der Waals surface area (Å²) in [6.45, 7) is 4.50. The molecule has 3 atom stereocenters. The van der Waals surface area contributed by atoms with Gasteiger partial charge in [-0.25, -0.2) is 4.98 Å². The van der Waals surface area contributed by atoms with Gasteiger partial charge in [-0.15, -0.1) is 0 Å². The number of aryl methyl sites for hydroxylation is 1. The van der Waals surface area contributed by atoms with Crippen molar-refractivity contribution in [3.05, 3.63) is 66.0 Å². The predicted molar refractivity (Wildman–Crippen MR) is 103 cm³/mol. The highest BCUT2D eigenvalue weighted by atomic mass is 16.5. The van der Waals surface area contributed by atoms with Crippen LogP contribution in [0.3, 0.4) is 0 Å². The minimum absolute atomic E-state index is 0.0312. The minimum atomic E-state index is -0.241. The highest BCUT2D eigenvalue weighted by molar-refractivity contribution is 5.91. The molecule has 150 valence electrons. The van der Waals surface area contributed by atoms with Gasteiger partial charge in [0.05, 0.1) is 11.6 Å². The number of carbonyl (C=O) groups is 1. The van der Waals surface area contributed by atoms with Crippen LogP contribution in [0.4, 0.5) is 0 Å². The zero-order valence-electron chi connectivity index (χ0n) is 16.2. The summed E-state index contributed by atoms with van der Waals surface area (Å²) in [5.74, 6) is 1.67. The fourth-order valence-electron chi connectivity index (χ4n) is 4.96. The van der Waals surface area contributed by atoms with Crippen LogP contribution >= 0.6 is 0 Å². The van der Waals surface area contributed by atoms with Gasteiger partial charge in [-0.1, -0.05) is 35.5 Å². The molecule has 0 spiro atoms. The molecule has 2 aromatic heterocycles. The van der Waals surface area contributed by atoms with Gasteiger partial charge >= 0.3 is 0 Å². The Morgan fingerprint density at radius 2 is 2.21 bits per heavy atom. The minimum Gasteiger partial charge on any atom is -0.438 e. The molecular formula is C21H23N5O3. The Hall–Kier alpha value is -3.00. The van der Waals surface area contributed by atoms with E-state index in [1.807, 2.05) is 13.0 Å². The topological polar surface area (TPSA) is 97.3 Å². The van der Waals surface area contributed by atoms with Gasteiger partial charge in [0.2, 0.25) is 11.7 Å². The van der Waals surface area contributed by atoms with E-state index >= 15 is 0 Å². The lowest BCUT2D eigenvalue weighted by Gasteiger charge is -2.25. The molecule has 2 fully saturated rings. The second kappa shape index (κ2) is 7.11. The van der Waals surface area contributed by atoms with Gasteiger partial charge in [0.1, 0.15) is 0 Å². The molecule has 3 heterocycles. The second-order valence-corrected chi connectivity index (χ2v) is 8.13. The second-order valence-electron chi connectivity index (χ2n) is 8.13. The number of amides is 1. The van der Waals surface area contributed by atoms with Crippen LogP contribution in [0, 0.1) is 12.8 Å². The molecule has 0 radical (unpaired) electrons. The lowest BCUT2D eigenvalue weighted by Crippen LogP contribution is -2.38. The van der Waals surface area contributed by atoms with Crippen LogP contribution in [0.15, 0.2) is 51.9 Å². The number of hydrogen-bond acceptors (Lipinski definition) is 7. The first-order valence-electron chi connectivity index (χ1n) is 9.89. The first-order valence-corrected chi connectivity index (χ1v) is 9.89. The molecule has 5 rings (SSSR count). The quantitative estimate of drug-likeness (QED) is 0.710. The number of carbonyl (C=O) groups excluding carboxylic acids is 1. The maximum absolute atomic E-state index is 12.4. The van der Waals surface area contributed by atoms with Crippen LogP contribution in [0.25, 0.3) is 0 Å². The lowest BCUT2D eigenvalue weighted by molar-refractivity contribution is 0.0906. The Balaban J connectivity index is 1.36. The maximum atomic E-state index is 12.4. The van der Waals surface area contributed by atoms with Crippen LogP contribution < -0.4 is 5.32 Å². The molecule has 3 aromatic rings. The summed E-state index contributed by atoms with van der Waals surface area (Å²) >= 11 is 0. The van der Waals surface area contributed by atoms with E-state index in [0.717, 1.165) is 32.5 Å². The first-order chi connectivity index (χ1) is 14.1. The van der Waals surface area contributed by atoms with E-state index in [0.29, 0.717) is 17.6 Å². The standard InChI is InChI=1S/C21H23N5O3/c1-14-23-20(29-25-14)21-8-17(24-19(27)18-9-22-13-28-18)7-16(21)11-26(12-21)10-15-5-3-2-4-6-15/h2-6,9,13,16-17H,7-8,10-12H2,1H3,(H,24,27)/t16-,17+,21-/m0/s1. The number of nitrogens with one attached hydrogen (secondary N) is 1. The number of benzene rings is 1. The van der Waals surface area contributed by atoms with Crippen LogP contribution in [-0.4, -0.2) is 45.1 Å². The third kappa shape index (κ3) is 3.33. The van der Waals surface area contributed by atoms with Gasteiger partial charge in [0.15, 0.2) is 12.2 Å². The number of hydrogen-bond donors (Lipinski definition) is 1. The third-order valence-corrected chi connectivity index (χ3v) is 6.14. The zero-order chi connectivity index (χ0) is 19.8. The van der Waals surface area contributed by atoms with E-state index in [4.69, 9.17) is 8.94 Å². The largest absolute Gasteiger partial charge is 0.438 e. The predicted octanol–water partition coefficient (Wildman–Crippen LogP) is 2.33. The molecule has 2 aliphatic rings. The zero-order valence-corrected chi connectivity index (χ0v) is 16.2. The summed E-state index contributed by atoms with van der Waals surface area (Å²) in [6, 6.07) is 10.5. The van der Waals surface area contributed by atoms with Gasteiger partial charge < -0.3 is 14.3 Å². The molecule has 1 saturated heterocycles. The molecule has 8 nitrogen and oxygen atoms in total. The Bertz CT molecular complexity index is 987. The Morgan fingerprint density at radius 1 is 1.34 bits per heavy atom. The average Bonchev–Trinajstić information content (AvgIpc) is 3.46. The van der Waals surface area contributed by atoms with E-state index in [9.17, 15) is 4.79 Å². The number of oxazole rings is 1. The van der Waals surface area contributed by atoms with Gasteiger partial charge in [0.25, 0.3) is 5.91 Å². The highest BCUT2D eigenvalue weighted by Crippen LogP contribution is 2.50. The van der Waals surface area contributed by atoms with Gasteiger partial charge in [-0.05, 0) is 31.2 Å². The molecular weight excluding hydrogens is 370 g/mol. The number of rotatable bonds is 5. The SMILES string of the molecule is Cc1noc([C@]23C[C@H](NC(=O)c4cnco4)C[C@H]2CN(Cc2ccccc2)C3)n1. The first kappa shape index (κ1) is 18.1. The molecule has 0 bridgehead atoms. The third-order valence-electron chi connectivity index (χ3n) is 6.14. The van der Waals surface area contributed by atoms with Gasteiger partial charge in [0, 0.05) is 25.7 Å². The molecule has 1 aliphatic heterocycles. The van der Waals surface area contributed by atoms with Gasteiger partial charge in [-0.2, -0.15) is 4.98 Å². The summed E-state index contributed by atoms with van der Waals surface area (Å²) in [6.07, 6.45) is 4.34. The molecule has 29 heavy (non-hydrogen) atoms. The summed E-state index contributed by atoms with van der Waals surface area (Å²) in [4.78, 5) is 23.3. The van der Waals surface area contributed by atoms with Crippen molar-refractivity contribution in [2.24, 2.45) is 5.92 Å². The van der Waals surface area contributed by atoms with Crippen LogP contribution in [0.1, 0.15) is 40.7 Å². The van der Waals surface area contributed by atoms with Crippen molar-refractivity contribution in [3.63, 3.8) is 0 Å². The smallest absolute Gasteiger partial charge is 0.288 e. The molecule has 1 aliphatic carbocycles. The summed E-state index contributed by atoms with van der Waals surface area (Å²) in [5, 5.41) is 7.13. The van der Waals surface area contributed by atoms with Crippen molar-refractivity contribution in [3.8, 4) is 0 Å². The Labute approximate surface area is 168 Å².